The lowest BCUT2D eigenvalue weighted by molar-refractivity contribution is 0.238. The fraction of sp³-hybridized carbons (Fsp3) is 0.684. The second-order valence-electron chi connectivity index (χ2n) is 6.58. The Hall–Kier alpha value is -1.02. The summed E-state index contributed by atoms with van der Waals surface area (Å²) in [4.78, 5) is 0. The molecule has 1 N–H and O–H groups in total. The number of ether oxygens (including phenoxy) is 1. The zero-order chi connectivity index (χ0) is 15.8. The molecular formula is C19H33NO. The maximum Gasteiger partial charge on any atom is 0.125 e. The second kappa shape index (κ2) is 9.09. The quantitative estimate of drug-likeness (QED) is 0.701. The van der Waals surface area contributed by atoms with E-state index in [1.54, 1.807) is 0 Å². The highest BCUT2D eigenvalue weighted by atomic mass is 16.5. The third-order valence-corrected chi connectivity index (χ3v) is 4.02. The summed E-state index contributed by atoms with van der Waals surface area (Å²) in [6.07, 6.45) is 2.37. The summed E-state index contributed by atoms with van der Waals surface area (Å²) in [6.45, 7) is 16.1. The molecule has 120 valence electrons. The van der Waals surface area contributed by atoms with Gasteiger partial charge < -0.3 is 10.1 Å². The maximum atomic E-state index is 6.09. The van der Waals surface area contributed by atoms with E-state index in [4.69, 9.17) is 4.74 Å². The van der Waals surface area contributed by atoms with Gasteiger partial charge in [-0.15, -0.1) is 0 Å². The van der Waals surface area contributed by atoms with Crippen LogP contribution in [0.5, 0.6) is 5.75 Å². The van der Waals surface area contributed by atoms with Crippen molar-refractivity contribution >= 4 is 0 Å². The van der Waals surface area contributed by atoms with Gasteiger partial charge in [0.25, 0.3) is 0 Å². The Labute approximate surface area is 131 Å². The third kappa shape index (κ3) is 6.09. The summed E-state index contributed by atoms with van der Waals surface area (Å²) in [5, 5.41) is 3.50. The molecular weight excluding hydrogens is 258 g/mol. The molecule has 0 amide bonds. The van der Waals surface area contributed by atoms with Crippen molar-refractivity contribution in [3.63, 3.8) is 0 Å². The van der Waals surface area contributed by atoms with Crippen LogP contribution in [0, 0.1) is 25.7 Å². The van der Waals surface area contributed by atoms with Gasteiger partial charge in [-0.3, -0.25) is 0 Å². The molecule has 0 saturated heterocycles. The van der Waals surface area contributed by atoms with Gasteiger partial charge in [-0.25, -0.2) is 0 Å². The van der Waals surface area contributed by atoms with E-state index >= 15 is 0 Å². The molecule has 0 unspecified atom stereocenters. The lowest BCUT2D eigenvalue weighted by Crippen LogP contribution is -2.19. The Morgan fingerprint density at radius 2 is 1.62 bits per heavy atom. The lowest BCUT2D eigenvalue weighted by atomic mass is 10.0. The minimum absolute atomic E-state index is 0.663. The SMILES string of the molecule is CCC(CC)COc1c(C)cc(CNCC(C)C)cc1C. The van der Waals surface area contributed by atoms with Crippen LogP contribution in [0.1, 0.15) is 57.2 Å². The Bertz CT molecular complexity index is 399. The van der Waals surface area contributed by atoms with Gasteiger partial charge in [-0.2, -0.15) is 0 Å². The molecule has 0 aliphatic rings. The van der Waals surface area contributed by atoms with Gasteiger partial charge in [0, 0.05) is 6.54 Å². The first-order chi connectivity index (χ1) is 9.97. The average molecular weight is 291 g/mol. The molecule has 0 aliphatic carbocycles. The molecule has 0 saturated carbocycles. The highest BCUT2D eigenvalue weighted by molar-refractivity contribution is 5.43. The predicted octanol–water partition coefficient (Wildman–Crippen LogP) is 4.86. The molecule has 0 heterocycles. The summed E-state index contributed by atoms with van der Waals surface area (Å²) in [6, 6.07) is 4.51. The summed E-state index contributed by atoms with van der Waals surface area (Å²) in [7, 11) is 0. The van der Waals surface area contributed by atoms with Gasteiger partial charge in [0.05, 0.1) is 6.61 Å². The summed E-state index contributed by atoms with van der Waals surface area (Å²) < 4.78 is 6.09. The van der Waals surface area contributed by atoms with Gasteiger partial charge in [0.15, 0.2) is 0 Å². The van der Waals surface area contributed by atoms with Crippen molar-refractivity contribution < 1.29 is 4.74 Å². The minimum atomic E-state index is 0.663. The molecule has 2 nitrogen and oxygen atoms in total. The summed E-state index contributed by atoms with van der Waals surface area (Å²) in [5.41, 5.74) is 3.85. The molecule has 2 heteroatoms. The van der Waals surface area contributed by atoms with Gasteiger partial charge in [0.1, 0.15) is 5.75 Å². The van der Waals surface area contributed by atoms with Crippen LogP contribution in [-0.2, 0) is 6.54 Å². The smallest absolute Gasteiger partial charge is 0.125 e. The molecule has 0 aromatic heterocycles. The van der Waals surface area contributed by atoms with Crippen molar-refractivity contribution in [2.75, 3.05) is 13.2 Å². The molecule has 0 radical (unpaired) electrons. The minimum Gasteiger partial charge on any atom is -0.493 e. The van der Waals surface area contributed by atoms with Gasteiger partial charge in [-0.1, -0.05) is 52.7 Å². The molecule has 0 atom stereocenters. The van der Waals surface area contributed by atoms with Gasteiger partial charge >= 0.3 is 0 Å². The van der Waals surface area contributed by atoms with E-state index in [1.807, 2.05) is 0 Å². The van der Waals surface area contributed by atoms with Crippen molar-refractivity contribution in [2.24, 2.45) is 11.8 Å². The number of rotatable bonds is 9. The van der Waals surface area contributed by atoms with Crippen molar-refractivity contribution in [1.29, 1.82) is 0 Å². The molecule has 1 aromatic rings. The maximum absolute atomic E-state index is 6.09. The topological polar surface area (TPSA) is 21.3 Å². The molecule has 0 spiro atoms. The van der Waals surface area contributed by atoms with E-state index in [9.17, 15) is 0 Å². The Balaban J connectivity index is 2.66. The highest BCUT2D eigenvalue weighted by Crippen LogP contribution is 2.26. The zero-order valence-corrected chi connectivity index (χ0v) is 14.8. The van der Waals surface area contributed by atoms with Crippen LogP contribution in [0.4, 0.5) is 0 Å². The van der Waals surface area contributed by atoms with E-state index in [0.29, 0.717) is 11.8 Å². The predicted molar refractivity (Wildman–Crippen MR) is 92.0 cm³/mol. The first-order valence-corrected chi connectivity index (χ1v) is 8.41. The second-order valence-corrected chi connectivity index (χ2v) is 6.58. The van der Waals surface area contributed by atoms with Crippen LogP contribution in [0.3, 0.4) is 0 Å². The molecule has 0 bridgehead atoms. The van der Waals surface area contributed by atoms with Crippen molar-refractivity contribution in [3.8, 4) is 5.75 Å². The van der Waals surface area contributed by atoms with E-state index < -0.39 is 0 Å². The monoisotopic (exact) mass is 291 g/mol. The standard InChI is InChI=1S/C19H33NO/c1-7-17(8-2)13-21-19-15(5)9-18(10-16(19)6)12-20-11-14(3)4/h9-10,14,17,20H,7-8,11-13H2,1-6H3. The van der Waals surface area contributed by atoms with Crippen molar-refractivity contribution in [3.05, 3.63) is 28.8 Å². The number of nitrogens with one attached hydrogen (secondary N) is 1. The first-order valence-electron chi connectivity index (χ1n) is 8.41. The number of aryl methyl sites for hydroxylation is 2. The largest absolute Gasteiger partial charge is 0.493 e. The van der Waals surface area contributed by atoms with E-state index in [-0.39, 0.29) is 0 Å². The van der Waals surface area contributed by atoms with Gasteiger partial charge in [-0.05, 0) is 48.9 Å². The van der Waals surface area contributed by atoms with Crippen LogP contribution in [0.2, 0.25) is 0 Å². The van der Waals surface area contributed by atoms with Crippen molar-refractivity contribution in [1.82, 2.24) is 5.32 Å². The van der Waals surface area contributed by atoms with E-state index in [2.05, 4.69) is 59.0 Å². The number of hydrogen-bond donors (Lipinski definition) is 1. The Morgan fingerprint density at radius 1 is 1.05 bits per heavy atom. The van der Waals surface area contributed by atoms with E-state index in [1.165, 1.54) is 29.5 Å². The van der Waals surface area contributed by atoms with Crippen LogP contribution in [-0.4, -0.2) is 13.2 Å². The highest BCUT2D eigenvalue weighted by Gasteiger charge is 2.10. The number of benzene rings is 1. The van der Waals surface area contributed by atoms with Crippen LogP contribution in [0.15, 0.2) is 12.1 Å². The van der Waals surface area contributed by atoms with Crippen LogP contribution >= 0.6 is 0 Å². The zero-order valence-electron chi connectivity index (χ0n) is 14.8. The lowest BCUT2D eigenvalue weighted by Gasteiger charge is -2.18. The van der Waals surface area contributed by atoms with E-state index in [0.717, 1.165) is 25.4 Å². The molecule has 1 rings (SSSR count). The molecule has 0 fully saturated rings. The average Bonchev–Trinajstić information content (AvgIpc) is 2.41. The summed E-state index contributed by atoms with van der Waals surface area (Å²) >= 11 is 0. The molecule has 21 heavy (non-hydrogen) atoms. The fourth-order valence-electron chi connectivity index (χ4n) is 2.60. The van der Waals surface area contributed by atoms with Crippen LogP contribution in [0.25, 0.3) is 0 Å². The normalized spacial score (nSPS) is 11.4. The molecule has 0 aliphatic heterocycles. The Kier molecular flexibility index (Phi) is 7.81. The van der Waals surface area contributed by atoms with Gasteiger partial charge in [0.2, 0.25) is 0 Å². The summed E-state index contributed by atoms with van der Waals surface area (Å²) in [5.74, 6) is 2.43. The van der Waals surface area contributed by atoms with Crippen LogP contribution < -0.4 is 10.1 Å². The third-order valence-electron chi connectivity index (χ3n) is 4.02. The fourth-order valence-corrected chi connectivity index (χ4v) is 2.60. The number of hydrogen-bond acceptors (Lipinski definition) is 2. The van der Waals surface area contributed by atoms with Crippen molar-refractivity contribution in [2.45, 2.75) is 60.9 Å². The molecule has 1 aromatic carbocycles. The first kappa shape index (κ1) is 18.0. The Morgan fingerprint density at radius 3 is 2.10 bits per heavy atom.